The van der Waals surface area contributed by atoms with E-state index in [1.54, 1.807) is 22.2 Å². The van der Waals surface area contributed by atoms with Crippen molar-refractivity contribution in [3.05, 3.63) is 73.8 Å². The zero-order chi connectivity index (χ0) is 26.1. The number of hydrogen-bond acceptors (Lipinski definition) is 8. The molecule has 0 unspecified atom stereocenters. The third kappa shape index (κ3) is 3.43. The Kier molecular flexibility index (Phi) is 5.29. The number of hydrogen-bond donors (Lipinski definition) is 2. The summed E-state index contributed by atoms with van der Waals surface area (Å²) >= 11 is 0. The topological polar surface area (TPSA) is 132 Å². The van der Waals surface area contributed by atoms with Crippen LogP contribution in [0.15, 0.2) is 29.2 Å². The lowest BCUT2D eigenvalue weighted by molar-refractivity contribution is -0.172. The van der Waals surface area contributed by atoms with E-state index in [2.05, 4.69) is 23.3 Å². The van der Waals surface area contributed by atoms with Gasteiger partial charge in [0.15, 0.2) is 5.60 Å². The number of nitrogens with zero attached hydrogens (tertiary/aromatic N) is 5. The number of ether oxygens (including phenoxy) is 1. The first-order valence-electron chi connectivity index (χ1n) is 12.3. The first-order valence-corrected chi connectivity index (χ1v) is 12.3. The highest BCUT2D eigenvalue weighted by molar-refractivity contribution is 5.90. The van der Waals surface area contributed by atoms with Crippen LogP contribution in [0.3, 0.4) is 0 Å². The molecular formula is C27H27N5O5. The second kappa shape index (κ2) is 8.32. The van der Waals surface area contributed by atoms with Crippen LogP contribution in [-0.2, 0) is 41.2 Å². The maximum absolute atomic E-state index is 13.6. The van der Waals surface area contributed by atoms with E-state index < -0.39 is 11.6 Å². The molecule has 0 spiro atoms. The molecule has 0 aliphatic carbocycles. The summed E-state index contributed by atoms with van der Waals surface area (Å²) in [7, 11) is 0. The van der Waals surface area contributed by atoms with E-state index in [1.807, 2.05) is 19.2 Å². The summed E-state index contributed by atoms with van der Waals surface area (Å²) < 4.78 is 8.56. The van der Waals surface area contributed by atoms with Crippen molar-refractivity contribution in [2.45, 2.75) is 58.9 Å². The minimum absolute atomic E-state index is 0.00995. The van der Waals surface area contributed by atoms with Crippen LogP contribution in [0.5, 0.6) is 0 Å². The summed E-state index contributed by atoms with van der Waals surface area (Å²) in [5, 5.41) is 29.8. The molecule has 0 radical (unpaired) electrons. The van der Waals surface area contributed by atoms with Crippen LogP contribution in [0, 0.1) is 13.8 Å². The van der Waals surface area contributed by atoms with Crippen molar-refractivity contribution in [2.75, 3.05) is 6.61 Å². The Bertz CT molecular complexity index is 1670. The minimum atomic E-state index is -1.87. The molecule has 0 fully saturated rings. The second-order valence-corrected chi connectivity index (χ2v) is 9.86. The van der Waals surface area contributed by atoms with E-state index in [1.165, 1.54) is 0 Å². The van der Waals surface area contributed by atoms with Crippen LogP contribution in [-0.4, -0.2) is 47.3 Å². The lowest BCUT2D eigenvalue weighted by Gasteiger charge is -2.31. The first-order chi connectivity index (χ1) is 17.7. The number of aromatic nitrogens is 5. The molecule has 10 nitrogen and oxygen atoms in total. The van der Waals surface area contributed by atoms with Gasteiger partial charge in [0.25, 0.3) is 5.56 Å². The zero-order valence-electron chi connectivity index (χ0n) is 20.9. The van der Waals surface area contributed by atoms with E-state index in [0.717, 1.165) is 33.2 Å². The predicted molar refractivity (Wildman–Crippen MR) is 134 cm³/mol. The number of benzene rings is 1. The third-order valence-electron chi connectivity index (χ3n) is 7.70. The van der Waals surface area contributed by atoms with Gasteiger partial charge in [0.1, 0.15) is 6.61 Å². The molecule has 2 aliphatic heterocycles. The molecule has 0 bridgehead atoms. The van der Waals surface area contributed by atoms with Crippen molar-refractivity contribution in [1.82, 2.24) is 24.5 Å². The van der Waals surface area contributed by atoms with E-state index >= 15 is 0 Å². The second-order valence-electron chi connectivity index (χ2n) is 9.86. The largest absolute Gasteiger partial charge is 0.458 e. The van der Waals surface area contributed by atoms with Gasteiger partial charge in [-0.3, -0.25) is 4.79 Å². The lowest BCUT2D eigenvalue weighted by Crippen LogP contribution is -2.44. The maximum atomic E-state index is 13.6. The molecule has 3 aromatic heterocycles. The summed E-state index contributed by atoms with van der Waals surface area (Å²) in [4.78, 5) is 31.1. The zero-order valence-corrected chi connectivity index (χ0v) is 20.9. The number of aryl methyl sites for hydroxylation is 2. The quantitative estimate of drug-likeness (QED) is 0.349. The fourth-order valence-corrected chi connectivity index (χ4v) is 5.41. The average molecular weight is 502 g/mol. The molecule has 10 heteroatoms. The van der Waals surface area contributed by atoms with E-state index in [0.29, 0.717) is 47.7 Å². The Morgan fingerprint density at radius 2 is 1.92 bits per heavy atom. The van der Waals surface area contributed by atoms with Crippen molar-refractivity contribution in [1.29, 1.82) is 0 Å². The van der Waals surface area contributed by atoms with E-state index in [4.69, 9.17) is 9.72 Å². The minimum Gasteiger partial charge on any atom is -0.458 e. The summed E-state index contributed by atoms with van der Waals surface area (Å²) in [6.45, 7) is 6.31. The van der Waals surface area contributed by atoms with Gasteiger partial charge in [0.2, 0.25) is 0 Å². The molecular weight excluding hydrogens is 474 g/mol. The molecule has 0 saturated heterocycles. The standard InChI is InChI=1S/C27H27N5O5/c1-4-27(36)21-9-23-24-19(12-32(23)25(34)20(21)13-37-26(27)35)18(11-31-10-16(5-6-33)29-30-31)17-7-14(2)15(3)8-22(17)28-24/h7-10,33,36H,4-6,11-13H2,1-3H3/t27-/m0/s1. The van der Waals surface area contributed by atoms with Crippen LogP contribution in [0.2, 0.25) is 0 Å². The number of aliphatic hydroxyl groups is 2. The van der Waals surface area contributed by atoms with Gasteiger partial charge < -0.3 is 19.5 Å². The molecule has 6 rings (SSSR count). The molecule has 1 aromatic carbocycles. The monoisotopic (exact) mass is 501 g/mol. The summed E-state index contributed by atoms with van der Waals surface area (Å²) in [5.74, 6) is -0.742. The summed E-state index contributed by atoms with van der Waals surface area (Å²) in [5.41, 5.74) is 5.22. The highest BCUT2D eigenvalue weighted by Crippen LogP contribution is 2.40. The number of cyclic esters (lactones) is 1. The van der Waals surface area contributed by atoms with E-state index in [-0.39, 0.29) is 25.2 Å². The molecule has 2 aliphatic rings. The molecule has 0 amide bonds. The van der Waals surface area contributed by atoms with Crippen molar-refractivity contribution in [2.24, 2.45) is 0 Å². The normalized spacial score (nSPS) is 18.0. The maximum Gasteiger partial charge on any atom is 0.343 e. The third-order valence-corrected chi connectivity index (χ3v) is 7.70. The molecule has 2 N–H and O–H groups in total. The Morgan fingerprint density at radius 1 is 1.14 bits per heavy atom. The van der Waals surface area contributed by atoms with Crippen molar-refractivity contribution >= 4 is 16.9 Å². The number of pyridine rings is 2. The Morgan fingerprint density at radius 3 is 2.68 bits per heavy atom. The fourth-order valence-electron chi connectivity index (χ4n) is 5.41. The predicted octanol–water partition coefficient (Wildman–Crippen LogP) is 1.87. The average Bonchev–Trinajstić information content (AvgIpc) is 3.47. The van der Waals surface area contributed by atoms with Gasteiger partial charge in [0, 0.05) is 35.7 Å². The van der Waals surface area contributed by atoms with E-state index in [9.17, 15) is 19.8 Å². The van der Waals surface area contributed by atoms with Gasteiger partial charge in [-0.1, -0.05) is 12.1 Å². The highest BCUT2D eigenvalue weighted by atomic mass is 16.6. The van der Waals surface area contributed by atoms with Gasteiger partial charge in [-0.05, 0) is 55.2 Å². The highest BCUT2D eigenvalue weighted by Gasteiger charge is 2.45. The van der Waals surface area contributed by atoms with Gasteiger partial charge >= 0.3 is 5.97 Å². The molecule has 190 valence electrons. The fraction of sp³-hybridized carbons (Fsp3) is 0.370. The SMILES string of the molecule is CC[C@@]1(O)C(=O)OCc2c1cc1n(c2=O)Cc2c-1nc1cc(C)c(C)cc1c2Cn1cc(CCO)nn1. The van der Waals surface area contributed by atoms with Crippen molar-refractivity contribution in [3.63, 3.8) is 0 Å². The van der Waals surface area contributed by atoms with Crippen LogP contribution in [0.1, 0.15) is 52.4 Å². The smallest absolute Gasteiger partial charge is 0.343 e. The van der Waals surface area contributed by atoms with Crippen LogP contribution in [0.4, 0.5) is 0 Å². The Hall–Kier alpha value is -3.89. The van der Waals surface area contributed by atoms with Gasteiger partial charge in [-0.2, -0.15) is 0 Å². The van der Waals surface area contributed by atoms with Gasteiger partial charge in [-0.25, -0.2) is 14.5 Å². The van der Waals surface area contributed by atoms with Gasteiger partial charge in [-0.15, -0.1) is 5.10 Å². The Balaban J connectivity index is 1.59. The van der Waals surface area contributed by atoms with Crippen LogP contribution in [0.25, 0.3) is 22.3 Å². The molecule has 0 saturated carbocycles. The number of fused-ring (bicyclic) bond motifs is 5. The van der Waals surface area contributed by atoms with Crippen molar-refractivity contribution < 1.29 is 19.7 Å². The van der Waals surface area contributed by atoms with Crippen LogP contribution >= 0.6 is 0 Å². The number of rotatable bonds is 5. The molecule has 37 heavy (non-hydrogen) atoms. The molecule has 1 atom stereocenters. The van der Waals surface area contributed by atoms with Crippen LogP contribution < -0.4 is 5.56 Å². The summed E-state index contributed by atoms with van der Waals surface area (Å²) in [6, 6.07) is 5.87. The van der Waals surface area contributed by atoms with Crippen molar-refractivity contribution in [3.8, 4) is 11.4 Å². The number of esters is 1. The summed E-state index contributed by atoms with van der Waals surface area (Å²) in [6.07, 6.45) is 2.32. The van der Waals surface area contributed by atoms with Gasteiger partial charge in [0.05, 0.1) is 41.3 Å². The molecule has 5 heterocycles. The molecule has 4 aromatic rings. The first kappa shape index (κ1) is 23.5. The number of aliphatic hydroxyl groups excluding tert-OH is 1. The lowest BCUT2D eigenvalue weighted by atomic mass is 9.86. The number of carbonyl (C=O) groups excluding carboxylic acids is 1. The number of carbonyl (C=O) groups is 1. The Labute approximate surface area is 212 Å².